The maximum atomic E-state index is 13.1. The summed E-state index contributed by atoms with van der Waals surface area (Å²) in [6, 6.07) is 12.2. The van der Waals surface area contributed by atoms with Crippen LogP contribution >= 0.6 is 0 Å². The van der Waals surface area contributed by atoms with E-state index in [4.69, 9.17) is 0 Å². The zero-order valence-electron chi connectivity index (χ0n) is 11.3. The van der Waals surface area contributed by atoms with Crippen LogP contribution < -0.4 is 4.90 Å². The van der Waals surface area contributed by atoms with Crippen LogP contribution in [0, 0.1) is 11.6 Å². The van der Waals surface area contributed by atoms with Crippen LogP contribution in [0.25, 0.3) is 0 Å². The van der Waals surface area contributed by atoms with Crippen molar-refractivity contribution in [2.75, 3.05) is 18.5 Å². The summed E-state index contributed by atoms with van der Waals surface area (Å²) in [5.41, 5.74) is 1.30. The number of rotatable bonds is 5. The van der Waals surface area contributed by atoms with E-state index >= 15 is 0 Å². The van der Waals surface area contributed by atoms with Crippen LogP contribution in [-0.2, 0) is 0 Å². The van der Waals surface area contributed by atoms with Gasteiger partial charge in [0.05, 0.1) is 6.10 Å². The van der Waals surface area contributed by atoms with Gasteiger partial charge < -0.3 is 10.0 Å². The highest BCUT2D eigenvalue weighted by Gasteiger charge is 2.10. The largest absolute Gasteiger partial charge is 0.388 e. The number of hydrogen-bond acceptors (Lipinski definition) is 2. The Morgan fingerprint density at radius 1 is 1.05 bits per heavy atom. The summed E-state index contributed by atoms with van der Waals surface area (Å²) < 4.78 is 26.2. The quantitative estimate of drug-likeness (QED) is 0.903. The maximum absolute atomic E-state index is 13.1. The Hall–Kier alpha value is -1.94. The molecule has 0 saturated heterocycles. The minimum absolute atomic E-state index is 0.292. The second-order valence-electron chi connectivity index (χ2n) is 4.76. The Morgan fingerprint density at radius 3 is 2.35 bits per heavy atom. The van der Waals surface area contributed by atoms with Crippen molar-refractivity contribution in [1.29, 1.82) is 0 Å². The fourth-order valence-corrected chi connectivity index (χ4v) is 2.04. The number of aliphatic hydroxyl groups is 1. The zero-order valence-corrected chi connectivity index (χ0v) is 11.3. The molecular formula is C16H17F2NO. The Labute approximate surface area is 117 Å². The minimum atomic E-state index is -0.735. The number of anilines is 1. The summed E-state index contributed by atoms with van der Waals surface area (Å²) in [5.74, 6) is -0.653. The number of nitrogens with zero attached hydrogens (tertiary/aromatic N) is 1. The minimum Gasteiger partial charge on any atom is -0.388 e. The molecule has 20 heavy (non-hydrogen) atoms. The van der Waals surface area contributed by atoms with Crippen LogP contribution in [0.4, 0.5) is 14.5 Å². The maximum Gasteiger partial charge on any atom is 0.125 e. The highest BCUT2D eigenvalue weighted by Crippen LogP contribution is 2.20. The lowest BCUT2D eigenvalue weighted by atomic mass is 10.1. The lowest BCUT2D eigenvalue weighted by molar-refractivity contribution is 0.169. The molecule has 2 aromatic rings. The molecular weight excluding hydrogens is 260 g/mol. The first-order valence-electron chi connectivity index (χ1n) is 6.46. The van der Waals surface area contributed by atoms with Gasteiger partial charge in [-0.1, -0.05) is 18.2 Å². The normalized spacial score (nSPS) is 12.2. The van der Waals surface area contributed by atoms with Gasteiger partial charge in [0.1, 0.15) is 11.6 Å². The summed E-state index contributed by atoms with van der Waals surface area (Å²) in [6.45, 7) is 0.543. The van der Waals surface area contributed by atoms with Gasteiger partial charge in [-0.15, -0.1) is 0 Å². The van der Waals surface area contributed by atoms with Gasteiger partial charge in [-0.2, -0.15) is 0 Å². The van der Waals surface area contributed by atoms with Crippen LogP contribution in [-0.4, -0.2) is 18.7 Å². The molecule has 0 fully saturated rings. The molecule has 0 aliphatic heterocycles. The number of halogens is 2. The highest BCUT2D eigenvalue weighted by molar-refractivity contribution is 5.45. The monoisotopic (exact) mass is 277 g/mol. The van der Waals surface area contributed by atoms with Gasteiger partial charge in [0.2, 0.25) is 0 Å². The molecule has 2 nitrogen and oxygen atoms in total. The summed E-state index contributed by atoms with van der Waals surface area (Å²) >= 11 is 0. The third-order valence-electron chi connectivity index (χ3n) is 3.22. The predicted octanol–water partition coefficient (Wildman–Crippen LogP) is 3.52. The van der Waals surface area contributed by atoms with Crippen molar-refractivity contribution < 1.29 is 13.9 Å². The van der Waals surface area contributed by atoms with Gasteiger partial charge in [-0.25, -0.2) is 8.78 Å². The van der Waals surface area contributed by atoms with Gasteiger partial charge in [0.25, 0.3) is 0 Å². The van der Waals surface area contributed by atoms with Gasteiger partial charge in [0, 0.05) is 19.3 Å². The smallest absolute Gasteiger partial charge is 0.125 e. The Balaban J connectivity index is 1.94. The van der Waals surface area contributed by atoms with Crippen LogP contribution in [0.2, 0.25) is 0 Å². The zero-order chi connectivity index (χ0) is 14.5. The number of hydrogen-bond donors (Lipinski definition) is 1. The van der Waals surface area contributed by atoms with E-state index in [2.05, 4.69) is 0 Å². The molecule has 0 amide bonds. The van der Waals surface area contributed by atoms with E-state index in [0.29, 0.717) is 18.5 Å². The average molecular weight is 277 g/mol. The summed E-state index contributed by atoms with van der Waals surface area (Å²) in [6.07, 6.45) is -0.294. The van der Waals surface area contributed by atoms with E-state index in [-0.39, 0.29) is 11.6 Å². The molecule has 0 bridgehead atoms. The molecule has 0 aliphatic rings. The molecule has 1 unspecified atom stereocenters. The van der Waals surface area contributed by atoms with Crippen molar-refractivity contribution in [3.05, 3.63) is 65.7 Å². The Kier molecular flexibility index (Phi) is 4.69. The molecule has 0 saturated carbocycles. The molecule has 2 rings (SSSR count). The molecule has 4 heteroatoms. The second kappa shape index (κ2) is 6.48. The summed E-state index contributed by atoms with van der Waals surface area (Å²) in [7, 11) is 1.83. The van der Waals surface area contributed by atoms with Crippen molar-refractivity contribution in [3.8, 4) is 0 Å². The molecule has 2 aromatic carbocycles. The second-order valence-corrected chi connectivity index (χ2v) is 4.76. The Morgan fingerprint density at radius 2 is 1.70 bits per heavy atom. The SMILES string of the molecule is CN(CCC(O)c1cccc(F)c1)c1cccc(F)c1. The lowest BCUT2D eigenvalue weighted by Crippen LogP contribution is -2.20. The van der Waals surface area contributed by atoms with Crippen molar-refractivity contribution in [3.63, 3.8) is 0 Å². The van der Waals surface area contributed by atoms with Gasteiger partial charge in [0.15, 0.2) is 0 Å². The van der Waals surface area contributed by atoms with Gasteiger partial charge in [-0.3, -0.25) is 0 Å². The molecule has 106 valence electrons. The van der Waals surface area contributed by atoms with Gasteiger partial charge in [-0.05, 0) is 42.3 Å². The van der Waals surface area contributed by atoms with E-state index in [1.807, 2.05) is 11.9 Å². The van der Waals surface area contributed by atoms with Crippen LogP contribution in [0.1, 0.15) is 18.1 Å². The topological polar surface area (TPSA) is 23.5 Å². The van der Waals surface area contributed by atoms with Crippen LogP contribution in [0.15, 0.2) is 48.5 Å². The van der Waals surface area contributed by atoms with Crippen LogP contribution in [0.3, 0.4) is 0 Å². The van der Waals surface area contributed by atoms with Gasteiger partial charge >= 0.3 is 0 Å². The van der Waals surface area contributed by atoms with E-state index < -0.39 is 6.10 Å². The van der Waals surface area contributed by atoms with E-state index in [1.165, 1.54) is 24.3 Å². The molecule has 0 aliphatic carbocycles. The lowest BCUT2D eigenvalue weighted by Gasteiger charge is -2.21. The first-order valence-corrected chi connectivity index (χ1v) is 6.46. The number of aliphatic hydroxyl groups excluding tert-OH is 1. The molecule has 1 atom stereocenters. The highest BCUT2D eigenvalue weighted by atomic mass is 19.1. The fourth-order valence-electron chi connectivity index (χ4n) is 2.04. The van der Waals surface area contributed by atoms with Crippen molar-refractivity contribution in [2.45, 2.75) is 12.5 Å². The fraction of sp³-hybridized carbons (Fsp3) is 0.250. The van der Waals surface area contributed by atoms with Crippen molar-refractivity contribution in [1.82, 2.24) is 0 Å². The molecule has 0 aromatic heterocycles. The molecule has 1 N–H and O–H groups in total. The van der Waals surface area contributed by atoms with E-state index in [0.717, 1.165) is 5.69 Å². The van der Waals surface area contributed by atoms with Crippen molar-refractivity contribution in [2.24, 2.45) is 0 Å². The third kappa shape index (κ3) is 3.78. The summed E-state index contributed by atoms with van der Waals surface area (Å²) in [5, 5.41) is 10.0. The standard InChI is InChI=1S/C16H17F2NO/c1-19(15-7-3-6-14(18)11-15)9-8-16(20)12-4-2-5-13(17)10-12/h2-7,10-11,16,20H,8-9H2,1H3. The first kappa shape index (κ1) is 14.5. The third-order valence-corrected chi connectivity index (χ3v) is 3.22. The average Bonchev–Trinajstić information content (AvgIpc) is 2.44. The van der Waals surface area contributed by atoms with E-state index in [9.17, 15) is 13.9 Å². The molecule has 0 spiro atoms. The van der Waals surface area contributed by atoms with E-state index in [1.54, 1.807) is 24.3 Å². The Bertz CT molecular complexity index is 522. The number of benzene rings is 2. The van der Waals surface area contributed by atoms with Crippen LogP contribution in [0.5, 0.6) is 0 Å². The van der Waals surface area contributed by atoms with Crippen molar-refractivity contribution >= 4 is 5.69 Å². The molecule has 0 heterocycles. The summed E-state index contributed by atoms with van der Waals surface area (Å²) in [4.78, 5) is 1.85. The first-order chi connectivity index (χ1) is 9.56. The molecule has 0 radical (unpaired) electrons. The predicted molar refractivity (Wildman–Crippen MR) is 75.6 cm³/mol.